The van der Waals surface area contributed by atoms with Gasteiger partial charge in [0.05, 0.1) is 0 Å². The Morgan fingerprint density at radius 2 is 1.61 bits per heavy atom. The van der Waals surface area contributed by atoms with Crippen molar-refractivity contribution in [1.82, 2.24) is 0 Å². The van der Waals surface area contributed by atoms with Crippen LogP contribution >= 0.6 is 0 Å². The van der Waals surface area contributed by atoms with Crippen LogP contribution in [0.4, 0.5) is 0 Å². The third-order valence-corrected chi connectivity index (χ3v) is 4.84. The van der Waals surface area contributed by atoms with Gasteiger partial charge in [0.2, 0.25) is 0 Å². The number of esters is 1. The predicted molar refractivity (Wildman–Crippen MR) is 70.9 cm³/mol. The highest BCUT2D eigenvalue weighted by atomic mass is 16.6. The van der Waals surface area contributed by atoms with Gasteiger partial charge < -0.3 is 4.74 Å². The highest BCUT2D eigenvalue weighted by Crippen LogP contribution is 2.57. The molecule has 2 heteroatoms. The van der Waals surface area contributed by atoms with E-state index in [9.17, 15) is 4.79 Å². The maximum Gasteiger partial charge on any atom is 0.331 e. The quantitative estimate of drug-likeness (QED) is 0.432. The van der Waals surface area contributed by atoms with Gasteiger partial charge in [-0.05, 0) is 63.2 Å². The van der Waals surface area contributed by atoms with Gasteiger partial charge in [0.25, 0.3) is 0 Å². The molecule has 0 amide bonds. The van der Waals surface area contributed by atoms with E-state index in [0.29, 0.717) is 0 Å². The molecule has 0 aliphatic heterocycles. The molecular formula is C16H22O2. The smallest absolute Gasteiger partial charge is 0.331 e. The van der Waals surface area contributed by atoms with E-state index in [1.807, 2.05) is 19.1 Å². The Kier molecular flexibility index (Phi) is 3.04. The third kappa shape index (κ3) is 2.25. The van der Waals surface area contributed by atoms with Crippen LogP contribution in [-0.2, 0) is 9.53 Å². The van der Waals surface area contributed by atoms with Crippen LogP contribution in [0.2, 0.25) is 0 Å². The molecule has 98 valence electrons. The lowest BCUT2D eigenvalue weighted by Gasteiger charge is -2.55. The second-order valence-corrected chi connectivity index (χ2v) is 6.41. The summed E-state index contributed by atoms with van der Waals surface area (Å²) in [5.41, 5.74) is -0.105. The van der Waals surface area contributed by atoms with E-state index in [-0.39, 0.29) is 11.6 Å². The van der Waals surface area contributed by atoms with E-state index in [2.05, 4.69) is 0 Å². The molecule has 4 aliphatic rings. The normalized spacial score (nSPS) is 41.9. The third-order valence-electron chi connectivity index (χ3n) is 4.84. The Hall–Kier alpha value is -1.05. The highest BCUT2D eigenvalue weighted by Gasteiger charge is 2.52. The van der Waals surface area contributed by atoms with Crippen molar-refractivity contribution in [3.8, 4) is 0 Å². The second-order valence-electron chi connectivity index (χ2n) is 6.41. The number of carbonyl (C=O) groups is 1. The topological polar surface area (TPSA) is 26.3 Å². The van der Waals surface area contributed by atoms with E-state index in [0.717, 1.165) is 37.0 Å². The second kappa shape index (κ2) is 4.56. The van der Waals surface area contributed by atoms with Crippen molar-refractivity contribution in [3.05, 3.63) is 24.3 Å². The van der Waals surface area contributed by atoms with Crippen LogP contribution in [-0.4, -0.2) is 11.6 Å². The Labute approximate surface area is 109 Å². The van der Waals surface area contributed by atoms with Crippen LogP contribution in [0.25, 0.3) is 0 Å². The van der Waals surface area contributed by atoms with Crippen LogP contribution < -0.4 is 0 Å². The fourth-order valence-corrected chi connectivity index (χ4v) is 4.65. The zero-order valence-electron chi connectivity index (χ0n) is 11.1. The van der Waals surface area contributed by atoms with E-state index < -0.39 is 0 Å². The van der Waals surface area contributed by atoms with E-state index in [1.54, 1.807) is 12.2 Å². The van der Waals surface area contributed by atoms with Crippen LogP contribution in [0.5, 0.6) is 0 Å². The molecule has 0 heterocycles. The van der Waals surface area contributed by atoms with Gasteiger partial charge in [-0.15, -0.1) is 0 Å². The number of carbonyl (C=O) groups excluding carboxylic acids is 1. The SMILES string of the molecule is C/C=C/C=C/C(=O)OC12CC3CC(CC(C3)C1)C2. The number of hydrogen-bond acceptors (Lipinski definition) is 2. The lowest BCUT2D eigenvalue weighted by molar-refractivity contribution is -0.181. The molecule has 0 atom stereocenters. The maximum atomic E-state index is 11.9. The Morgan fingerprint density at radius 1 is 1.06 bits per heavy atom. The molecule has 4 saturated carbocycles. The van der Waals surface area contributed by atoms with E-state index in [1.165, 1.54) is 19.3 Å². The zero-order chi connectivity index (χ0) is 12.6. The molecule has 0 radical (unpaired) electrons. The average molecular weight is 246 g/mol. The molecular weight excluding hydrogens is 224 g/mol. The summed E-state index contributed by atoms with van der Waals surface area (Å²) in [6.45, 7) is 1.94. The van der Waals surface area contributed by atoms with Crippen LogP contribution in [0, 0.1) is 17.8 Å². The van der Waals surface area contributed by atoms with Crippen molar-refractivity contribution in [2.45, 2.75) is 51.0 Å². The summed E-state index contributed by atoms with van der Waals surface area (Å²) >= 11 is 0. The van der Waals surface area contributed by atoms with Gasteiger partial charge in [-0.3, -0.25) is 0 Å². The van der Waals surface area contributed by atoms with Crippen molar-refractivity contribution >= 4 is 5.97 Å². The fraction of sp³-hybridized carbons (Fsp3) is 0.688. The van der Waals surface area contributed by atoms with Gasteiger partial charge in [0.15, 0.2) is 0 Å². The summed E-state index contributed by atoms with van der Waals surface area (Å²) in [4.78, 5) is 11.9. The molecule has 0 aromatic rings. The van der Waals surface area contributed by atoms with Crippen molar-refractivity contribution in [2.24, 2.45) is 17.8 Å². The lowest BCUT2D eigenvalue weighted by Crippen LogP contribution is -2.52. The maximum absolute atomic E-state index is 11.9. The summed E-state index contributed by atoms with van der Waals surface area (Å²) in [6, 6.07) is 0. The standard InChI is InChI=1S/C16H22O2/c1-2-3-4-5-15(17)18-16-9-12-6-13(10-16)8-14(7-12)11-16/h2-5,12-14H,6-11H2,1H3/b3-2+,5-4+. The minimum Gasteiger partial charge on any atom is -0.456 e. The van der Waals surface area contributed by atoms with Crippen LogP contribution in [0.3, 0.4) is 0 Å². The summed E-state index contributed by atoms with van der Waals surface area (Å²) in [5, 5.41) is 0. The van der Waals surface area contributed by atoms with Crippen molar-refractivity contribution in [3.63, 3.8) is 0 Å². The molecule has 4 bridgehead atoms. The first-order valence-corrected chi connectivity index (χ1v) is 7.21. The molecule has 4 fully saturated rings. The van der Waals surface area contributed by atoms with Gasteiger partial charge in [-0.25, -0.2) is 4.79 Å². The van der Waals surface area contributed by atoms with Gasteiger partial charge in [0.1, 0.15) is 5.60 Å². The first kappa shape index (κ1) is 12.0. The molecule has 0 aromatic heterocycles. The predicted octanol–water partition coefficient (Wildman–Crippen LogP) is 3.63. The molecule has 0 spiro atoms. The number of ether oxygens (including phenoxy) is 1. The molecule has 18 heavy (non-hydrogen) atoms. The Morgan fingerprint density at radius 3 is 2.11 bits per heavy atom. The van der Waals surface area contributed by atoms with E-state index in [4.69, 9.17) is 4.74 Å². The van der Waals surface area contributed by atoms with Gasteiger partial charge >= 0.3 is 5.97 Å². The van der Waals surface area contributed by atoms with Crippen molar-refractivity contribution in [2.75, 3.05) is 0 Å². The Balaban J connectivity index is 1.67. The average Bonchev–Trinajstić information content (AvgIpc) is 2.26. The molecule has 4 rings (SSSR count). The monoisotopic (exact) mass is 246 g/mol. The number of rotatable bonds is 3. The molecule has 0 saturated heterocycles. The van der Waals surface area contributed by atoms with Crippen LogP contribution in [0.15, 0.2) is 24.3 Å². The first-order valence-electron chi connectivity index (χ1n) is 7.21. The van der Waals surface area contributed by atoms with Gasteiger partial charge in [-0.2, -0.15) is 0 Å². The summed E-state index contributed by atoms with van der Waals surface area (Å²) in [6.07, 6.45) is 14.6. The van der Waals surface area contributed by atoms with Gasteiger partial charge in [0, 0.05) is 6.08 Å². The van der Waals surface area contributed by atoms with Crippen molar-refractivity contribution < 1.29 is 9.53 Å². The van der Waals surface area contributed by atoms with Crippen LogP contribution in [0.1, 0.15) is 45.4 Å². The fourth-order valence-electron chi connectivity index (χ4n) is 4.65. The highest BCUT2D eigenvalue weighted by molar-refractivity contribution is 5.82. The number of hydrogen-bond donors (Lipinski definition) is 0. The summed E-state index contributed by atoms with van der Waals surface area (Å²) in [5.74, 6) is 2.31. The molecule has 4 aliphatic carbocycles. The van der Waals surface area contributed by atoms with Crippen molar-refractivity contribution in [1.29, 1.82) is 0 Å². The van der Waals surface area contributed by atoms with Gasteiger partial charge in [-0.1, -0.05) is 18.2 Å². The molecule has 0 N–H and O–H groups in total. The molecule has 0 aromatic carbocycles. The Bertz CT molecular complexity index is 357. The molecule has 0 unspecified atom stereocenters. The lowest BCUT2D eigenvalue weighted by atomic mass is 9.54. The number of allylic oxidation sites excluding steroid dienone is 3. The largest absolute Gasteiger partial charge is 0.456 e. The minimum absolute atomic E-state index is 0.105. The molecule has 2 nitrogen and oxygen atoms in total. The first-order chi connectivity index (χ1) is 8.69. The minimum atomic E-state index is -0.157. The summed E-state index contributed by atoms with van der Waals surface area (Å²) in [7, 11) is 0. The van der Waals surface area contributed by atoms with E-state index >= 15 is 0 Å². The summed E-state index contributed by atoms with van der Waals surface area (Å²) < 4.78 is 5.84. The zero-order valence-corrected chi connectivity index (χ0v) is 11.1.